The number of aromatic nitrogens is 2. The van der Waals surface area contributed by atoms with Crippen molar-refractivity contribution in [1.29, 1.82) is 0 Å². The average Bonchev–Trinajstić information content (AvgIpc) is 2.38. The van der Waals surface area contributed by atoms with E-state index in [1.807, 2.05) is 0 Å². The van der Waals surface area contributed by atoms with E-state index in [4.69, 9.17) is 10.5 Å². The largest absolute Gasteiger partial charge is 0.494 e. The van der Waals surface area contributed by atoms with Gasteiger partial charge in [-0.15, -0.1) is 0 Å². The van der Waals surface area contributed by atoms with Gasteiger partial charge in [0.25, 0.3) is 0 Å². The second-order valence-electron chi connectivity index (χ2n) is 3.54. The predicted octanol–water partition coefficient (Wildman–Crippen LogP) is 1.78. The fourth-order valence-corrected chi connectivity index (χ4v) is 1.57. The highest BCUT2D eigenvalue weighted by molar-refractivity contribution is 5.71. The lowest BCUT2D eigenvalue weighted by Crippen LogP contribution is -2.02. The maximum Gasteiger partial charge on any atom is 0.313 e. The van der Waals surface area contributed by atoms with Crippen molar-refractivity contribution < 1.29 is 14.1 Å². The summed E-state index contributed by atoms with van der Waals surface area (Å²) in [5.41, 5.74) is 4.70. The van der Waals surface area contributed by atoms with Crippen LogP contribution in [0.15, 0.2) is 24.4 Å². The molecule has 0 aliphatic heterocycles. The zero-order valence-electron chi connectivity index (χ0n) is 9.83. The summed E-state index contributed by atoms with van der Waals surface area (Å²) in [6, 6.07) is 4.25. The van der Waals surface area contributed by atoms with Crippen LogP contribution in [0.25, 0.3) is 11.3 Å². The van der Waals surface area contributed by atoms with E-state index < -0.39 is 16.4 Å². The third-order valence-electron chi connectivity index (χ3n) is 2.42. The molecule has 0 spiro atoms. The van der Waals surface area contributed by atoms with Gasteiger partial charge >= 0.3 is 5.69 Å². The quantitative estimate of drug-likeness (QED) is 0.669. The zero-order valence-corrected chi connectivity index (χ0v) is 9.83. The van der Waals surface area contributed by atoms with Gasteiger partial charge in [-0.3, -0.25) is 10.1 Å². The smallest absolute Gasteiger partial charge is 0.313 e. The molecule has 8 heteroatoms. The van der Waals surface area contributed by atoms with E-state index in [0.717, 1.165) is 6.20 Å². The monoisotopic (exact) mass is 264 g/mol. The van der Waals surface area contributed by atoms with Gasteiger partial charge in [0.2, 0.25) is 5.95 Å². The molecule has 2 aromatic rings. The lowest BCUT2D eigenvalue weighted by Gasteiger charge is -2.07. The minimum atomic E-state index is -0.744. The fraction of sp³-hybridized carbons (Fsp3) is 0.0909. The summed E-state index contributed by atoms with van der Waals surface area (Å²) in [4.78, 5) is 17.5. The Morgan fingerprint density at radius 2 is 2.21 bits per heavy atom. The first-order chi connectivity index (χ1) is 9.04. The normalized spacial score (nSPS) is 10.2. The number of nitro groups is 1. The van der Waals surface area contributed by atoms with Gasteiger partial charge in [-0.2, -0.15) is 0 Å². The SMILES string of the molecule is COc1cccc(-c2nc(N)ncc2[N+](=O)[O-])c1F. The van der Waals surface area contributed by atoms with E-state index in [-0.39, 0.29) is 23.0 Å². The Balaban J connectivity index is 2.71. The summed E-state index contributed by atoms with van der Waals surface area (Å²) in [5.74, 6) is -0.960. The number of benzene rings is 1. The third kappa shape index (κ3) is 2.28. The molecule has 0 fully saturated rings. The number of hydrogen-bond acceptors (Lipinski definition) is 6. The Labute approximate surface area is 107 Å². The maximum atomic E-state index is 14.1. The lowest BCUT2D eigenvalue weighted by atomic mass is 10.1. The molecule has 19 heavy (non-hydrogen) atoms. The Kier molecular flexibility index (Phi) is 3.23. The first kappa shape index (κ1) is 12.7. The Morgan fingerprint density at radius 1 is 1.47 bits per heavy atom. The summed E-state index contributed by atoms with van der Waals surface area (Å²) in [7, 11) is 1.30. The lowest BCUT2D eigenvalue weighted by molar-refractivity contribution is -0.384. The van der Waals surface area contributed by atoms with E-state index in [1.165, 1.54) is 25.3 Å². The summed E-state index contributed by atoms with van der Waals surface area (Å²) in [6.45, 7) is 0. The molecule has 0 radical (unpaired) electrons. The molecular formula is C11H9FN4O3. The van der Waals surface area contributed by atoms with Crippen molar-refractivity contribution in [2.75, 3.05) is 12.8 Å². The molecule has 98 valence electrons. The zero-order chi connectivity index (χ0) is 14.0. The van der Waals surface area contributed by atoms with E-state index in [9.17, 15) is 14.5 Å². The average molecular weight is 264 g/mol. The molecule has 0 saturated carbocycles. The standard InChI is InChI=1S/C11H9FN4O3/c1-19-8-4-2-3-6(9(8)12)10-7(16(17)18)5-14-11(13)15-10/h2-5H,1H3,(H2,13,14,15). The minimum Gasteiger partial charge on any atom is -0.494 e. The third-order valence-corrected chi connectivity index (χ3v) is 2.42. The van der Waals surface area contributed by atoms with Crippen LogP contribution < -0.4 is 10.5 Å². The summed E-state index contributed by atoms with van der Waals surface area (Å²) >= 11 is 0. The van der Waals surface area contributed by atoms with Gasteiger partial charge in [-0.05, 0) is 12.1 Å². The van der Waals surface area contributed by atoms with Gasteiger partial charge < -0.3 is 10.5 Å². The van der Waals surface area contributed by atoms with Crippen molar-refractivity contribution in [3.8, 4) is 17.0 Å². The Hall–Kier alpha value is -2.77. The number of anilines is 1. The first-order valence-corrected chi connectivity index (χ1v) is 5.14. The second kappa shape index (κ2) is 4.84. The fourth-order valence-electron chi connectivity index (χ4n) is 1.57. The van der Waals surface area contributed by atoms with Crippen molar-refractivity contribution in [2.45, 2.75) is 0 Å². The molecule has 0 saturated heterocycles. The highest BCUT2D eigenvalue weighted by Gasteiger charge is 2.22. The minimum absolute atomic E-state index is 0.0380. The Morgan fingerprint density at radius 3 is 2.84 bits per heavy atom. The van der Waals surface area contributed by atoms with Crippen LogP contribution in [0, 0.1) is 15.9 Å². The van der Waals surface area contributed by atoms with E-state index in [2.05, 4.69) is 9.97 Å². The van der Waals surface area contributed by atoms with Crippen LogP contribution >= 0.6 is 0 Å². The van der Waals surface area contributed by atoms with Crippen LogP contribution in [-0.2, 0) is 0 Å². The van der Waals surface area contributed by atoms with Gasteiger partial charge in [-0.1, -0.05) is 6.07 Å². The number of hydrogen-bond donors (Lipinski definition) is 1. The summed E-state index contributed by atoms with van der Waals surface area (Å²) < 4.78 is 18.9. The van der Waals surface area contributed by atoms with Crippen LogP contribution in [0.1, 0.15) is 0 Å². The van der Waals surface area contributed by atoms with Crippen molar-refractivity contribution in [1.82, 2.24) is 9.97 Å². The number of nitrogens with two attached hydrogens (primary N) is 1. The van der Waals surface area contributed by atoms with Crippen molar-refractivity contribution in [2.24, 2.45) is 0 Å². The van der Waals surface area contributed by atoms with Gasteiger partial charge in [-0.25, -0.2) is 14.4 Å². The number of rotatable bonds is 3. The Bertz CT molecular complexity index is 648. The van der Waals surface area contributed by atoms with Gasteiger partial charge in [0.05, 0.1) is 12.0 Å². The maximum absolute atomic E-state index is 14.1. The van der Waals surface area contributed by atoms with E-state index >= 15 is 0 Å². The van der Waals surface area contributed by atoms with Gasteiger partial charge in [0.1, 0.15) is 6.20 Å². The van der Waals surface area contributed by atoms with E-state index in [1.54, 1.807) is 0 Å². The molecule has 1 heterocycles. The van der Waals surface area contributed by atoms with E-state index in [0.29, 0.717) is 0 Å². The molecule has 1 aromatic heterocycles. The first-order valence-electron chi connectivity index (χ1n) is 5.14. The van der Waals surface area contributed by atoms with Crippen LogP contribution in [-0.4, -0.2) is 22.0 Å². The van der Waals surface area contributed by atoms with Gasteiger partial charge in [0.15, 0.2) is 17.3 Å². The van der Waals surface area contributed by atoms with Crippen molar-refractivity contribution in [3.05, 3.63) is 40.3 Å². The number of nitrogens with zero attached hydrogens (tertiary/aromatic N) is 3. The molecule has 1 aromatic carbocycles. The molecule has 0 amide bonds. The number of methoxy groups -OCH3 is 1. The molecule has 0 aliphatic rings. The van der Waals surface area contributed by atoms with Crippen LogP contribution in [0.4, 0.5) is 16.0 Å². The molecule has 0 unspecified atom stereocenters. The summed E-state index contributed by atoms with van der Waals surface area (Å²) in [5, 5.41) is 10.9. The molecule has 2 rings (SSSR count). The molecule has 0 atom stereocenters. The molecule has 7 nitrogen and oxygen atoms in total. The molecular weight excluding hydrogens is 255 g/mol. The highest BCUT2D eigenvalue weighted by Crippen LogP contribution is 2.33. The topological polar surface area (TPSA) is 104 Å². The van der Waals surface area contributed by atoms with Crippen molar-refractivity contribution in [3.63, 3.8) is 0 Å². The van der Waals surface area contributed by atoms with Crippen LogP contribution in [0.5, 0.6) is 5.75 Å². The second-order valence-corrected chi connectivity index (χ2v) is 3.54. The van der Waals surface area contributed by atoms with Gasteiger partial charge in [0, 0.05) is 5.56 Å². The number of ether oxygens (including phenoxy) is 1. The predicted molar refractivity (Wildman–Crippen MR) is 65.0 cm³/mol. The van der Waals surface area contributed by atoms with Crippen LogP contribution in [0.3, 0.4) is 0 Å². The molecule has 0 aliphatic carbocycles. The van der Waals surface area contributed by atoms with Crippen molar-refractivity contribution >= 4 is 11.6 Å². The number of halogens is 1. The number of nitrogen functional groups attached to an aromatic ring is 1. The molecule has 2 N–H and O–H groups in total. The van der Waals surface area contributed by atoms with Crippen LogP contribution in [0.2, 0.25) is 0 Å². The molecule has 0 bridgehead atoms. The summed E-state index contributed by atoms with van der Waals surface area (Å²) in [6.07, 6.45) is 0.941. The highest BCUT2D eigenvalue weighted by atomic mass is 19.1.